The van der Waals surface area contributed by atoms with Crippen molar-refractivity contribution < 1.29 is 28.0 Å². The average Bonchev–Trinajstić information content (AvgIpc) is 3.10. The number of nitro benzene ring substituents is 1. The molecule has 0 atom stereocenters. The fraction of sp³-hybridized carbons (Fsp3) is 0.111. The molecular weight excluding hydrogens is 394 g/mol. The zero-order valence-electron chi connectivity index (χ0n) is 14.3. The first kappa shape index (κ1) is 19.4. The van der Waals surface area contributed by atoms with Crippen molar-refractivity contribution in [2.24, 2.45) is 0 Å². The molecule has 0 radical (unpaired) electrons. The molecule has 0 fully saturated rings. The van der Waals surface area contributed by atoms with Crippen molar-refractivity contribution in [3.8, 4) is 11.5 Å². The smallest absolute Gasteiger partial charge is 0.387 e. The number of fused-ring (bicyclic) bond motifs is 1. The monoisotopic (exact) mass is 406 g/mol. The lowest BCUT2D eigenvalue weighted by atomic mass is 10.1. The lowest BCUT2D eigenvalue weighted by molar-refractivity contribution is -0.385. The number of hydrogen-bond donors (Lipinski definition) is 0. The van der Waals surface area contributed by atoms with Crippen LogP contribution in [0.25, 0.3) is 16.3 Å². The van der Waals surface area contributed by atoms with Crippen LogP contribution < -0.4 is 9.47 Å². The van der Waals surface area contributed by atoms with E-state index in [4.69, 9.17) is 4.74 Å². The molecule has 0 amide bonds. The third kappa shape index (κ3) is 4.12. The van der Waals surface area contributed by atoms with E-state index in [1.807, 2.05) is 12.1 Å². The molecule has 144 valence electrons. The summed E-state index contributed by atoms with van der Waals surface area (Å²) in [5.41, 5.74) is 0.160. The van der Waals surface area contributed by atoms with Crippen LogP contribution in [0.2, 0.25) is 0 Å². The van der Waals surface area contributed by atoms with Crippen molar-refractivity contribution in [3.05, 3.63) is 63.2 Å². The first-order valence-electron chi connectivity index (χ1n) is 7.78. The molecule has 28 heavy (non-hydrogen) atoms. The highest BCUT2D eigenvalue weighted by Gasteiger charge is 2.21. The van der Waals surface area contributed by atoms with E-state index in [0.717, 1.165) is 22.9 Å². The van der Waals surface area contributed by atoms with Crippen LogP contribution in [0.5, 0.6) is 11.5 Å². The van der Waals surface area contributed by atoms with Crippen molar-refractivity contribution in [2.75, 3.05) is 7.11 Å². The van der Waals surface area contributed by atoms with Gasteiger partial charge in [-0.15, -0.1) is 11.3 Å². The molecule has 0 spiro atoms. The number of nitro groups is 1. The molecule has 0 saturated carbocycles. The molecule has 0 bridgehead atoms. The Morgan fingerprint density at radius 1 is 1.29 bits per heavy atom. The molecule has 1 heterocycles. The van der Waals surface area contributed by atoms with Gasteiger partial charge in [-0.2, -0.15) is 8.78 Å². The summed E-state index contributed by atoms with van der Waals surface area (Å²) in [5, 5.41) is 11.5. The summed E-state index contributed by atoms with van der Waals surface area (Å²) in [6.45, 7) is -3.17. The van der Waals surface area contributed by atoms with E-state index >= 15 is 0 Å². The van der Waals surface area contributed by atoms with Crippen LogP contribution in [0.1, 0.15) is 15.4 Å². The Hall–Kier alpha value is -3.40. The molecule has 3 rings (SSSR count). The maximum absolute atomic E-state index is 12.5. The van der Waals surface area contributed by atoms with Gasteiger partial charge in [0.25, 0.3) is 5.69 Å². The number of methoxy groups -OCH3 is 1. The summed E-state index contributed by atoms with van der Waals surface area (Å²) in [6, 6.07) is 9.19. The number of nitrogens with zero attached hydrogens (tertiary/aromatic N) is 2. The third-order valence-corrected chi connectivity index (χ3v) is 4.70. The fourth-order valence-corrected chi connectivity index (χ4v) is 3.30. The van der Waals surface area contributed by atoms with E-state index in [1.54, 1.807) is 12.1 Å². The number of para-hydroxylation sites is 1. The van der Waals surface area contributed by atoms with Crippen molar-refractivity contribution >= 4 is 39.1 Å². The Balaban J connectivity index is 1.95. The maximum Gasteiger partial charge on any atom is 0.387 e. The van der Waals surface area contributed by atoms with Crippen molar-refractivity contribution in [1.82, 2.24) is 4.98 Å². The maximum atomic E-state index is 12.5. The molecule has 2 aromatic carbocycles. The van der Waals surface area contributed by atoms with Gasteiger partial charge in [-0.25, -0.2) is 4.98 Å². The zero-order chi connectivity index (χ0) is 20.3. The molecule has 10 heteroatoms. The second kappa shape index (κ2) is 8.09. The summed E-state index contributed by atoms with van der Waals surface area (Å²) in [7, 11) is 1.21. The quantitative estimate of drug-likeness (QED) is 0.244. The molecular formula is C18H12F2N2O5S. The summed E-state index contributed by atoms with van der Waals surface area (Å²) >= 11 is 1.19. The number of carbonyl (C=O) groups excluding carboxylic acids is 1. The third-order valence-electron chi connectivity index (χ3n) is 3.64. The first-order valence-corrected chi connectivity index (χ1v) is 8.60. The largest absolute Gasteiger partial charge is 0.493 e. The zero-order valence-corrected chi connectivity index (χ0v) is 15.1. The number of allylic oxidation sites excluding steroid dienone is 1. The number of aromatic nitrogens is 1. The number of ether oxygens (including phenoxy) is 2. The van der Waals surface area contributed by atoms with Crippen LogP contribution >= 0.6 is 11.3 Å². The molecule has 0 aliphatic heterocycles. The topological polar surface area (TPSA) is 91.6 Å². The Bertz CT molecular complexity index is 1050. The number of hydrogen-bond acceptors (Lipinski definition) is 7. The molecule has 0 N–H and O–H groups in total. The van der Waals surface area contributed by atoms with E-state index in [2.05, 4.69) is 9.72 Å². The van der Waals surface area contributed by atoms with Crippen LogP contribution in [0.3, 0.4) is 0 Å². The van der Waals surface area contributed by atoms with E-state index < -0.39 is 28.8 Å². The van der Waals surface area contributed by atoms with E-state index in [9.17, 15) is 23.7 Å². The van der Waals surface area contributed by atoms with Crippen LogP contribution in [-0.4, -0.2) is 29.4 Å². The minimum Gasteiger partial charge on any atom is -0.493 e. The highest BCUT2D eigenvalue weighted by Crippen LogP contribution is 2.36. The molecule has 1 aromatic heterocycles. The Morgan fingerprint density at radius 3 is 2.68 bits per heavy atom. The van der Waals surface area contributed by atoms with Gasteiger partial charge in [-0.1, -0.05) is 12.1 Å². The Morgan fingerprint density at radius 2 is 2.04 bits per heavy atom. The minimum atomic E-state index is -3.17. The number of ketones is 1. The second-order valence-corrected chi connectivity index (χ2v) is 6.41. The average molecular weight is 406 g/mol. The highest BCUT2D eigenvalue weighted by atomic mass is 32.1. The lowest BCUT2D eigenvalue weighted by Crippen LogP contribution is -2.05. The van der Waals surface area contributed by atoms with Crippen LogP contribution in [0.4, 0.5) is 14.5 Å². The van der Waals surface area contributed by atoms with Crippen molar-refractivity contribution in [3.63, 3.8) is 0 Å². The van der Waals surface area contributed by atoms with E-state index in [1.165, 1.54) is 24.5 Å². The summed E-state index contributed by atoms with van der Waals surface area (Å²) < 4.78 is 35.0. The number of carbonyl (C=O) groups is 1. The second-order valence-electron chi connectivity index (χ2n) is 5.38. The summed E-state index contributed by atoms with van der Waals surface area (Å²) in [4.78, 5) is 27.1. The first-order chi connectivity index (χ1) is 13.4. The van der Waals surface area contributed by atoms with Gasteiger partial charge in [-0.05, 0) is 30.4 Å². The molecule has 0 unspecified atom stereocenters. The van der Waals surface area contributed by atoms with E-state index in [0.29, 0.717) is 5.52 Å². The summed E-state index contributed by atoms with van der Waals surface area (Å²) in [5.74, 6) is -1.04. The van der Waals surface area contributed by atoms with Gasteiger partial charge in [0.2, 0.25) is 5.78 Å². The number of thiazole rings is 1. The predicted molar refractivity (Wildman–Crippen MR) is 99.3 cm³/mol. The fourth-order valence-electron chi connectivity index (χ4n) is 2.42. The number of benzene rings is 2. The van der Waals surface area contributed by atoms with Gasteiger partial charge in [0.1, 0.15) is 0 Å². The van der Waals surface area contributed by atoms with Gasteiger partial charge in [0.05, 0.1) is 33.9 Å². The van der Waals surface area contributed by atoms with Gasteiger partial charge in [0.15, 0.2) is 16.5 Å². The van der Waals surface area contributed by atoms with E-state index in [-0.39, 0.29) is 16.3 Å². The Kier molecular flexibility index (Phi) is 5.59. The SMILES string of the molecule is COc1cc(/C=C/C(=O)c2nc3ccccc3s2)c([N+](=O)[O-])cc1OC(F)F. The number of rotatable bonds is 7. The normalized spacial score (nSPS) is 11.3. The summed E-state index contributed by atoms with van der Waals surface area (Å²) in [6.07, 6.45) is 2.34. The molecule has 0 saturated heterocycles. The van der Waals surface area contributed by atoms with Crippen molar-refractivity contribution in [1.29, 1.82) is 0 Å². The number of halogens is 2. The van der Waals surface area contributed by atoms with Crippen LogP contribution in [-0.2, 0) is 0 Å². The lowest BCUT2D eigenvalue weighted by Gasteiger charge is -2.10. The predicted octanol–water partition coefficient (Wildman–Crippen LogP) is 4.71. The van der Waals surface area contributed by atoms with Gasteiger partial charge < -0.3 is 9.47 Å². The molecule has 3 aromatic rings. The van der Waals surface area contributed by atoms with Crippen LogP contribution in [0.15, 0.2) is 42.5 Å². The van der Waals surface area contributed by atoms with Gasteiger partial charge in [-0.3, -0.25) is 14.9 Å². The highest BCUT2D eigenvalue weighted by molar-refractivity contribution is 7.20. The minimum absolute atomic E-state index is 0.00192. The molecule has 7 nitrogen and oxygen atoms in total. The van der Waals surface area contributed by atoms with Crippen LogP contribution in [0, 0.1) is 10.1 Å². The number of alkyl halides is 2. The van der Waals surface area contributed by atoms with Gasteiger partial charge >= 0.3 is 6.61 Å². The molecule has 0 aliphatic rings. The Labute approximate surface area is 161 Å². The molecule has 0 aliphatic carbocycles. The standard InChI is InChI=1S/C18H12F2N2O5S/c1-26-14-8-10(12(22(24)25)9-15(14)27-18(19)20)6-7-13(23)17-21-11-4-2-3-5-16(11)28-17/h2-9,18H,1H3/b7-6+. The van der Waals surface area contributed by atoms with Gasteiger partial charge in [0, 0.05) is 0 Å². The van der Waals surface area contributed by atoms with Crippen molar-refractivity contribution in [2.45, 2.75) is 6.61 Å².